The maximum absolute atomic E-state index is 13.0. The number of amides is 1. The Labute approximate surface area is 134 Å². The van der Waals surface area contributed by atoms with Gasteiger partial charge in [0.05, 0.1) is 5.92 Å². The molecule has 0 bridgehead atoms. The summed E-state index contributed by atoms with van der Waals surface area (Å²) in [6, 6.07) is 5.78. The fourth-order valence-corrected chi connectivity index (χ4v) is 2.45. The van der Waals surface area contributed by atoms with Crippen LogP contribution in [0.4, 0.5) is 10.1 Å². The summed E-state index contributed by atoms with van der Waals surface area (Å²) in [4.78, 5) is 24.7. The number of carbonyl (C=O) groups is 2. The molecule has 1 saturated heterocycles. The van der Waals surface area contributed by atoms with Gasteiger partial charge in [0.1, 0.15) is 5.82 Å². The van der Waals surface area contributed by atoms with E-state index in [1.165, 1.54) is 12.1 Å². The molecule has 1 aromatic carbocycles. The lowest BCUT2D eigenvalue weighted by Crippen LogP contribution is -2.37. The molecule has 22 heavy (non-hydrogen) atoms. The van der Waals surface area contributed by atoms with Gasteiger partial charge in [0.15, 0.2) is 0 Å². The highest BCUT2D eigenvalue weighted by atomic mass is 35.5. The van der Waals surface area contributed by atoms with E-state index >= 15 is 0 Å². The summed E-state index contributed by atoms with van der Waals surface area (Å²) in [5, 5.41) is 11.6. The number of carboxylic acid groups (broad SMARTS) is 1. The quantitative estimate of drug-likeness (QED) is 0.869. The van der Waals surface area contributed by atoms with E-state index in [1.807, 2.05) is 0 Å². The van der Waals surface area contributed by atoms with Gasteiger partial charge in [0.25, 0.3) is 0 Å². The first-order valence-corrected chi connectivity index (χ1v) is 7.05. The Balaban J connectivity index is 0.00000242. The zero-order chi connectivity index (χ0) is 15.2. The zero-order valence-electron chi connectivity index (χ0n) is 12.1. The number of halogens is 2. The SMILES string of the molecule is Cl.O=C(CCN1CCC(C(=O)O)CC1)Nc1cccc(F)c1. The summed E-state index contributed by atoms with van der Waals surface area (Å²) in [7, 11) is 0. The molecule has 0 atom stereocenters. The summed E-state index contributed by atoms with van der Waals surface area (Å²) in [5.74, 6) is -1.55. The summed E-state index contributed by atoms with van der Waals surface area (Å²) in [6.07, 6.45) is 1.57. The third-order valence-corrected chi connectivity index (χ3v) is 3.70. The van der Waals surface area contributed by atoms with Crippen molar-refractivity contribution in [2.45, 2.75) is 19.3 Å². The number of benzene rings is 1. The lowest BCUT2D eigenvalue weighted by molar-refractivity contribution is -0.143. The predicted octanol–water partition coefficient (Wildman–Crippen LogP) is 2.37. The van der Waals surface area contributed by atoms with Gasteiger partial charge in [-0.05, 0) is 44.1 Å². The summed E-state index contributed by atoms with van der Waals surface area (Å²) in [5.41, 5.74) is 0.449. The molecule has 1 aromatic rings. The van der Waals surface area contributed by atoms with E-state index in [2.05, 4.69) is 10.2 Å². The van der Waals surface area contributed by atoms with Crippen LogP contribution in [-0.4, -0.2) is 41.5 Å². The van der Waals surface area contributed by atoms with Crippen LogP contribution in [-0.2, 0) is 9.59 Å². The first-order valence-electron chi connectivity index (χ1n) is 7.05. The second-order valence-electron chi connectivity index (χ2n) is 5.26. The monoisotopic (exact) mass is 330 g/mol. The molecule has 122 valence electrons. The highest BCUT2D eigenvalue weighted by Crippen LogP contribution is 2.17. The molecule has 5 nitrogen and oxygen atoms in total. The smallest absolute Gasteiger partial charge is 0.306 e. The molecule has 1 heterocycles. The van der Waals surface area contributed by atoms with Gasteiger partial charge in [-0.1, -0.05) is 6.07 Å². The van der Waals surface area contributed by atoms with E-state index in [-0.39, 0.29) is 30.0 Å². The number of nitrogens with one attached hydrogen (secondary N) is 1. The van der Waals surface area contributed by atoms with E-state index in [0.29, 0.717) is 44.6 Å². The van der Waals surface area contributed by atoms with Gasteiger partial charge < -0.3 is 15.3 Å². The number of nitrogens with zero attached hydrogens (tertiary/aromatic N) is 1. The van der Waals surface area contributed by atoms with Crippen molar-refractivity contribution in [2.75, 3.05) is 25.0 Å². The van der Waals surface area contributed by atoms with E-state index < -0.39 is 5.97 Å². The van der Waals surface area contributed by atoms with Crippen molar-refractivity contribution in [3.63, 3.8) is 0 Å². The Hall–Kier alpha value is -1.66. The van der Waals surface area contributed by atoms with Crippen molar-refractivity contribution >= 4 is 30.0 Å². The lowest BCUT2D eigenvalue weighted by atomic mass is 9.97. The molecule has 1 aliphatic heterocycles. The Morgan fingerprint density at radius 3 is 2.59 bits per heavy atom. The second kappa shape index (κ2) is 8.70. The van der Waals surface area contributed by atoms with E-state index in [1.54, 1.807) is 12.1 Å². The highest BCUT2D eigenvalue weighted by molar-refractivity contribution is 5.90. The number of likely N-dealkylation sites (tertiary alicyclic amines) is 1. The minimum atomic E-state index is -0.738. The van der Waals surface area contributed by atoms with Crippen LogP contribution >= 0.6 is 12.4 Å². The number of hydrogen-bond donors (Lipinski definition) is 2. The Kier molecular flexibility index (Phi) is 7.27. The minimum Gasteiger partial charge on any atom is -0.481 e. The molecule has 0 aromatic heterocycles. The van der Waals surface area contributed by atoms with Crippen LogP contribution < -0.4 is 5.32 Å². The van der Waals surface area contributed by atoms with Gasteiger partial charge in [-0.15, -0.1) is 12.4 Å². The van der Waals surface area contributed by atoms with Crippen LogP contribution in [0.3, 0.4) is 0 Å². The second-order valence-corrected chi connectivity index (χ2v) is 5.26. The van der Waals surface area contributed by atoms with Crippen LogP contribution in [0, 0.1) is 11.7 Å². The van der Waals surface area contributed by atoms with E-state index in [4.69, 9.17) is 5.11 Å². The number of aliphatic carboxylic acids is 1. The van der Waals surface area contributed by atoms with Gasteiger partial charge in [-0.2, -0.15) is 0 Å². The largest absolute Gasteiger partial charge is 0.481 e. The maximum Gasteiger partial charge on any atom is 0.306 e. The van der Waals surface area contributed by atoms with Crippen LogP contribution in [0.1, 0.15) is 19.3 Å². The number of carbonyl (C=O) groups excluding carboxylic acids is 1. The molecule has 0 aliphatic carbocycles. The van der Waals surface area contributed by atoms with Crippen LogP contribution in [0.2, 0.25) is 0 Å². The molecule has 0 spiro atoms. The summed E-state index contributed by atoms with van der Waals surface area (Å²) in [6.45, 7) is 1.99. The standard InChI is InChI=1S/C15H19FN2O3.ClH/c16-12-2-1-3-13(10-12)17-14(19)6-9-18-7-4-11(5-8-18)15(20)21;/h1-3,10-11H,4-9H2,(H,17,19)(H,20,21);1H. The minimum absolute atomic E-state index is 0. The molecular formula is C15H20ClFN2O3. The molecule has 2 N–H and O–H groups in total. The van der Waals surface area contributed by atoms with Crippen molar-refractivity contribution in [3.05, 3.63) is 30.1 Å². The first kappa shape index (κ1) is 18.4. The highest BCUT2D eigenvalue weighted by Gasteiger charge is 2.24. The van der Waals surface area contributed by atoms with Crippen molar-refractivity contribution in [2.24, 2.45) is 5.92 Å². The molecule has 2 rings (SSSR count). The maximum atomic E-state index is 13.0. The fraction of sp³-hybridized carbons (Fsp3) is 0.467. The van der Waals surface area contributed by atoms with Gasteiger partial charge in [-0.25, -0.2) is 4.39 Å². The van der Waals surface area contributed by atoms with Gasteiger partial charge in [-0.3, -0.25) is 9.59 Å². The Morgan fingerprint density at radius 1 is 1.32 bits per heavy atom. The van der Waals surface area contributed by atoms with Crippen LogP contribution in [0.25, 0.3) is 0 Å². The molecule has 7 heteroatoms. The average molecular weight is 331 g/mol. The van der Waals surface area contributed by atoms with E-state index in [9.17, 15) is 14.0 Å². The van der Waals surface area contributed by atoms with Crippen molar-refractivity contribution in [1.82, 2.24) is 4.90 Å². The normalized spacial score (nSPS) is 15.9. The van der Waals surface area contributed by atoms with Crippen LogP contribution in [0.15, 0.2) is 24.3 Å². The molecule has 0 saturated carbocycles. The Morgan fingerprint density at radius 2 is 2.00 bits per heavy atom. The molecule has 0 unspecified atom stereocenters. The van der Waals surface area contributed by atoms with E-state index in [0.717, 1.165) is 0 Å². The number of piperidine rings is 1. The lowest BCUT2D eigenvalue weighted by Gasteiger charge is -2.29. The predicted molar refractivity (Wildman–Crippen MR) is 83.7 cm³/mol. The van der Waals surface area contributed by atoms with Crippen molar-refractivity contribution in [3.8, 4) is 0 Å². The van der Waals surface area contributed by atoms with Crippen molar-refractivity contribution in [1.29, 1.82) is 0 Å². The number of rotatable bonds is 5. The molecule has 1 fully saturated rings. The summed E-state index contributed by atoms with van der Waals surface area (Å²) >= 11 is 0. The molecule has 1 amide bonds. The Bertz CT molecular complexity index is 519. The molecule has 1 aliphatic rings. The number of hydrogen-bond acceptors (Lipinski definition) is 3. The third-order valence-electron chi connectivity index (χ3n) is 3.70. The van der Waals surface area contributed by atoms with Crippen molar-refractivity contribution < 1.29 is 19.1 Å². The topological polar surface area (TPSA) is 69.6 Å². The fourth-order valence-electron chi connectivity index (χ4n) is 2.45. The van der Waals surface area contributed by atoms with Gasteiger partial charge >= 0.3 is 5.97 Å². The van der Waals surface area contributed by atoms with Crippen LogP contribution in [0.5, 0.6) is 0 Å². The van der Waals surface area contributed by atoms with Gasteiger partial charge in [0, 0.05) is 18.7 Å². The zero-order valence-corrected chi connectivity index (χ0v) is 12.9. The first-order chi connectivity index (χ1) is 10.0. The molecule has 0 radical (unpaired) electrons. The van der Waals surface area contributed by atoms with Gasteiger partial charge in [0.2, 0.25) is 5.91 Å². The average Bonchev–Trinajstić information content (AvgIpc) is 2.45. The summed E-state index contributed by atoms with van der Waals surface area (Å²) < 4.78 is 13.0. The number of anilines is 1. The third kappa shape index (κ3) is 5.61. The number of carboxylic acids is 1. The molecular weight excluding hydrogens is 311 g/mol.